The highest BCUT2D eigenvalue weighted by atomic mass is 32.2. The second kappa shape index (κ2) is 4.14. The molecule has 0 aromatic heterocycles. The van der Waals surface area contributed by atoms with Crippen molar-refractivity contribution in [2.24, 2.45) is 5.92 Å². The van der Waals surface area contributed by atoms with Crippen molar-refractivity contribution in [3.8, 4) is 0 Å². The van der Waals surface area contributed by atoms with Crippen LogP contribution in [0.3, 0.4) is 0 Å². The van der Waals surface area contributed by atoms with Crippen LogP contribution in [0.1, 0.15) is 13.8 Å². The highest BCUT2D eigenvalue weighted by Crippen LogP contribution is 2.16. The minimum absolute atomic E-state index is 0.350. The van der Waals surface area contributed by atoms with Gasteiger partial charge in [-0.05, 0) is 17.6 Å². The normalized spacial score (nSPS) is 16.3. The molecule has 0 saturated carbocycles. The molecule has 1 aliphatic heterocycles. The van der Waals surface area contributed by atoms with Gasteiger partial charge in [0, 0.05) is 13.2 Å². The van der Waals surface area contributed by atoms with Gasteiger partial charge in [-0.15, -0.1) is 0 Å². The molecule has 1 heterocycles. The van der Waals surface area contributed by atoms with E-state index in [-0.39, 0.29) is 0 Å². The Morgan fingerprint density at radius 3 is 2.47 bits per heavy atom. The largest absolute Gasteiger partial charge is 0.307 e. The fourth-order valence-corrected chi connectivity index (χ4v) is 1.57. The quantitative estimate of drug-likeness (QED) is 0.736. The zero-order valence-corrected chi connectivity index (χ0v) is 10.2. The Morgan fingerprint density at radius 2 is 2.00 bits per heavy atom. The molecule has 0 aliphatic carbocycles. The summed E-state index contributed by atoms with van der Waals surface area (Å²) >= 11 is 0. The molecule has 1 rings (SSSR count). The summed E-state index contributed by atoms with van der Waals surface area (Å²) in [5.74, 6) is 0.881. The maximum Gasteiger partial charge on any atom is 0.233 e. The first-order valence-electron chi connectivity index (χ1n) is 4.69. The second-order valence-electron chi connectivity index (χ2n) is 3.83. The molecule has 6 heteroatoms. The van der Waals surface area contributed by atoms with Crippen LogP contribution in [-0.4, -0.2) is 26.0 Å². The first-order valence-corrected chi connectivity index (χ1v) is 6.54. The highest BCUT2D eigenvalue weighted by molar-refractivity contribution is 7.88. The van der Waals surface area contributed by atoms with Gasteiger partial charge in [0.05, 0.1) is 6.26 Å². The number of rotatable bonds is 3. The molecule has 0 spiro atoms. The molecule has 86 valence electrons. The van der Waals surface area contributed by atoms with Gasteiger partial charge in [0.2, 0.25) is 10.0 Å². The molecule has 15 heavy (non-hydrogen) atoms. The lowest BCUT2D eigenvalue weighted by atomic mass is 10.0. The highest BCUT2D eigenvalue weighted by Gasteiger charge is 2.17. The minimum atomic E-state index is -3.22. The van der Waals surface area contributed by atoms with Crippen LogP contribution in [0.5, 0.6) is 0 Å². The average molecular weight is 231 g/mol. The van der Waals surface area contributed by atoms with Crippen LogP contribution in [0.4, 0.5) is 0 Å². The summed E-state index contributed by atoms with van der Waals surface area (Å²) in [6.45, 7) is 4.10. The monoisotopic (exact) mass is 231 g/mol. The molecule has 0 radical (unpaired) electrons. The van der Waals surface area contributed by atoms with Crippen LogP contribution in [0, 0.1) is 5.92 Å². The lowest BCUT2D eigenvalue weighted by Crippen LogP contribution is -2.40. The van der Waals surface area contributed by atoms with E-state index in [1.807, 2.05) is 26.1 Å². The molecule has 0 fully saturated rings. The fraction of sp³-hybridized carbons (Fsp3) is 0.556. The Bertz CT molecular complexity index is 396. The molecular weight excluding hydrogens is 214 g/mol. The Labute approximate surface area is 90.9 Å². The van der Waals surface area contributed by atoms with Crippen molar-refractivity contribution >= 4 is 10.0 Å². The molecule has 0 amide bonds. The predicted molar refractivity (Wildman–Crippen MR) is 59.9 cm³/mol. The maximum atomic E-state index is 11.3. The topological polar surface area (TPSA) is 61.4 Å². The molecule has 1 aliphatic rings. The van der Waals surface area contributed by atoms with Crippen LogP contribution in [0.25, 0.3) is 0 Å². The number of nitrogens with zero attached hydrogens (tertiary/aromatic N) is 1. The predicted octanol–water partition coefficient (Wildman–Crippen LogP) is 0.367. The van der Waals surface area contributed by atoms with E-state index in [1.54, 1.807) is 0 Å². The third-order valence-electron chi connectivity index (χ3n) is 2.25. The van der Waals surface area contributed by atoms with Crippen LogP contribution in [0.15, 0.2) is 23.7 Å². The number of sulfonamides is 1. The van der Waals surface area contributed by atoms with E-state index in [9.17, 15) is 8.42 Å². The Morgan fingerprint density at radius 1 is 1.40 bits per heavy atom. The molecule has 0 aromatic carbocycles. The summed E-state index contributed by atoms with van der Waals surface area (Å²) in [4.78, 5) is 0. The summed E-state index contributed by atoms with van der Waals surface area (Å²) in [6.07, 6.45) is 4.81. The van der Waals surface area contributed by atoms with Crippen LogP contribution < -0.4 is 10.9 Å². The Kier molecular flexibility index (Phi) is 3.28. The number of hydrogen-bond acceptors (Lipinski definition) is 4. The van der Waals surface area contributed by atoms with Crippen molar-refractivity contribution in [3.63, 3.8) is 0 Å². The molecule has 0 saturated heterocycles. The molecule has 5 nitrogen and oxygen atoms in total. The van der Waals surface area contributed by atoms with Gasteiger partial charge in [0.25, 0.3) is 0 Å². The van der Waals surface area contributed by atoms with Crippen molar-refractivity contribution in [1.29, 1.82) is 0 Å². The van der Waals surface area contributed by atoms with Gasteiger partial charge < -0.3 is 5.43 Å². The molecule has 0 atom stereocenters. The molecule has 2 N–H and O–H groups in total. The molecule has 0 aromatic rings. The average Bonchev–Trinajstić information content (AvgIpc) is 2.15. The maximum absolute atomic E-state index is 11.3. The molecule has 0 bridgehead atoms. The zero-order valence-electron chi connectivity index (χ0n) is 9.40. The van der Waals surface area contributed by atoms with Crippen LogP contribution in [-0.2, 0) is 10.0 Å². The van der Waals surface area contributed by atoms with Gasteiger partial charge in [-0.1, -0.05) is 13.8 Å². The van der Waals surface area contributed by atoms with E-state index < -0.39 is 10.0 Å². The minimum Gasteiger partial charge on any atom is -0.307 e. The molecule has 0 unspecified atom stereocenters. The first kappa shape index (κ1) is 11.9. The smallest absolute Gasteiger partial charge is 0.233 e. The third kappa shape index (κ3) is 2.89. The van der Waals surface area contributed by atoms with Crippen molar-refractivity contribution in [3.05, 3.63) is 23.7 Å². The van der Waals surface area contributed by atoms with Crippen molar-refractivity contribution in [2.75, 3.05) is 13.3 Å². The first-order chi connectivity index (χ1) is 6.82. The van der Waals surface area contributed by atoms with Gasteiger partial charge in [0.15, 0.2) is 0 Å². The van der Waals surface area contributed by atoms with Gasteiger partial charge in [-0.25, -0.2) is 8.42 Å². The van der Waals surface area contributed by atoms with Crippen molar-refractivity contribution in [2.45, 2.75) is 13.8 Å². The van der Waals surface area contributed by atoms with E-state index in [0.717, 1.165) is 5.57 Å². The zero-order chi connectivity index (χ0) is 11.6. The summed E-state index contributed by atoms with van der Waals surface area (Å²) in [5.41, 5.74) is 6.68. The van der Waals surface area contributed by atoms with Crippen molar-refractivity contribution in [1.82, 2.24) is 15.2 Å². The summed E-state index contributed by atoms with van der Waals surface area (Å²) in [7, 11) is -1.70. The lowest BCUT2D eigenvalue weighted by Gasteiger charge is -2.25. The van der Waals surface area contributed by atoms with Gasteiger partial charge in [-0.2, -0.15) is 0 Å². The van der Waals surface area contributed by atoms with Gasteiger partial charge in [-0.3, -0.25) is 9.73 Å². The SMILES string of the molecule is CC(C)C1=CNNC(N(C)S(C)(=O)=O)=C1. The second-order valence-corrected chi connectivity index (χ2v) is 5.84. The van der Waals surface area contributed by atoms with Crippen LogP contribution in [0.2, 0.25) is 0 Å². The number of allylic oxidation sites excluding steroid dienone is 2. The Balaban J connectivity index is 2.94. The fourth-order valence-electron chi connectivity index (χ4n) is 1.11. The van der Waals surface area contributed by atoms with Gasteiger partial charge in [0.1, 0.15) is 5.82 Å². The van der Waals surface area contributed by atoms with E-state index in [0.29, 0.717) is 11.7 Å². The lowest BCUT2D eigenvalue weighted by molar-refractivity contribution is 0.484. The summed E-state index contributed by atoms with van der Waals surface area (Å²) in [5, 5.41) is 0. The van der Waals surface area contributed by atoms with Crippen LogP contribution >= 0.6 is 0 Å². The van der Waals surface area contributed by atoms with E-state index in [4.69, 9.17) is 0 Å². The number of hydrazine groups is 1. The third-order valence-corrected chi connectivity index (χ3v) is 3.44. The number of nitrogens with one attached hydrogen (secondary N) is 2. The van der Waals surface area contributed by atoms with E-state index >= 15 is 0 Å². The number of hydrogen-bond donors (Lipinski definition) is 2. The standard InChI is InChI=1S/C9H17N3O2S/c1-7(2)8-5-9(11-10-6-8)12(3)15(4,13)14/h5-7,10-11H,1-4H3. The summed E-state index contributed by atoms with van der Waals surface area (Å²) in [6, 6.07) is 0. The van der Waals surface area contributed by atoms with Gasteiger partial charge >= 0.3 is 0 Å². The van der Waals surface area contributed by atoms with E-state index in [2.05, 4.69) is 10.9 Å². The van der Waals surface area contributed by atoms with E-state index in [1.165, 1.54) is 17.6 Å². The Hall–Kier alpha value is -1.17. The summed E-state index contributed by atoms with van der Waals surface area (Å²) < 4.78 is 23.8. The molecular formula is C9H17N3O2S. The van der Waals surface area contributed by atoms with Crippen molar-refractivity contribution < 1.29 is 8.42 Å².